The van der Waals surface area contributed by atoms with Crippen molar-refractivity contribution in [1.29, 1.82) is 0 Å². The molecule has 0 saturated carbocycles. The number of carbonyl (C=O) groups is 2. The molecule has 19 heavy (non-hydrogen) atoms. The normalized spacial score (nSPS) is 11.5. The van der Waals surface area contributed by atoms with Crippen molar-refractivity contribution in [2.45, 2.75) is 13.0 Å². The Balaban J connectivity index is 3.12. The summed E-state index contributed by atoms with van der Waals surface area (Å²) in [4.78, 5) is 36.6. The number of nitrogens with two attached hydrogens (primary N) is 1. The van der Waals surface area contributed by atoms with Crippen LogP contribution in [0.1, 0.15) is 17.3 Å². The molecule has 1 atom stereocenters. The zero-order chi connectivity index (χ0) is 14.6. The highest BCUT2D eigenvalue weighted by Gasteiger charge is 2.23. The molecule has 0 aliphatic heterocycles. The molecule has 0 radical (unpaired) electrons. The van der Waals surface area contributed by atoms with Gasteiger partial charge in [-0.2, -0.15) is 0 Å². The van der Waals surface area contributed by atoms with Gasteiger partial charge in [0.2, 0.25) is 5.91 Å². The van der Waals surface area contributed by atoms with E-state index in [0.717, 1.165) is 6.20 Å². The van der Waals surface area contributed by atoms with Crippen LogP contribution in [0.5, 0.6) is 0 Å². The van der Waals surface area contributed by atoms with Gasteiger partial charge in [-0.3, -0.25) is 19.7 Å². The van der Waals surface area contributed by atoms with Crippen LogP contribution in [0.15, 0.2) is 12.3 Å². The van der Waals surface area contributed by atoms with Gasteiger partial charge >= 0.3 is 0 Å². The number of rotatable bonds is 5. The molecule has 9 nitrogen and oxygen atoms in total. The molecule has 0 aromatic carbocycles. The van der Waals surface area contributed by atoms with Crippen molar-refractivity contribution in [1.82, 2.24) is 10.3 Å². The van der Waals surface area contributed by atoms with Crippen molar-refractivity contribution < 1.29 is 14.5 Å². The third-order valence-corrected chi connectivity index (χ3v) is 2.35. The molecular weight excluding hydrogens is 254 g/mol. The van der Waals surface area contributed by atoms with Gasteiger partial charge in [-0.15, -0.1) is 0 Å². The minimum Gasteiger partial charge on any atom is -0.373 e. The van der Waals surface area contributed by atoms with Gasteiger partial charge in [0.1, 0.15) is 23.6 Å². The highest BCUT2D eigenvalue weighted by molar-refractivity contribution is 6.00. The first kappa shape index (κ1) is 14.4. The topological polar surface area (TPSA) is 140 Å². The maximum Gasteiger partial charge on any atom is 0.300 e. The van der Waals surface area contributed by atoms with Crippen molar-refractivity contribution in [2.24, 2.45) is 5.73 Å². The molecule has 0 saturated heterocycles. The van der Waals surface area contributed by atoms with Crippen LogP contribution in [0.4, 0.5) is 11.5 Å². The lowest BCUT2D eigenvalue weighted by atomic mass is 10.2. The minimum absolute atomic E-state index is 0.197. The molecule has 9 heteroatoms. The lowest BCUT2D eigenvalue weighted by molar-refractivity contribution is -0.385. The van der Waals surface area contributed by atoms with Crippen molar-refractivity contribution >= 4 is 23.3 Å². The predicted octanol–water partition coefficient (Wildman–Crippen LogP) is -0.365. The van der Waals surface area contributed by atoms with E-state index in [9.17, 15) is 19.7 Å². The molecule has 1 unspecified atom stereocenters. The van der Waals surface area contributed by atoms with Crippen molar-refractivity contribution in [3.8, 4) is 0 Å². The summed E-state index contributed by atoms with van der Waals surface area (Å²) in [6.07, 6.45) is 0.968. The molecule has 0 bridgehead atoms. The summed E-state index contributed by atoms with van der Waals surface area (Å²) < 4.78 is 0. The van der Waals surface area contributed by atoms with Gasteiger partial charge in [0.15, 0.2) is 0 Å². The number of hydrogen-bond donors (Lipinski definition) is 3. The van der Waals surface area contributed by atoms with Gasteiger partial charge in [-0.05, 0) is 6.92 Å². The van der Waals surface area contributed by atoms with E-state index >= 15 is 0 Å². The Morgan fingerprint density at radius 2 is 2.16 bits per heavy atom. The second-order valence-corrected chi connectivity index (χ2v) is 3.69. The van der Waals surface area contributed by atoms with Crippen LogP contribution in [0.25, 0.3) is 0 Å². The monoisotopic (exact) mass is 267 g/mol. The Bertz CT molecular complexity index is 531. The molecular formula is C10H13N5O4. The maximum absolute atomic E-state index is 11.9. The zero-order valence-corrected chi connectivity index (χ0v) is 10.3. The zero-order valence-electron chi connectivity index (χ0n) is 10.3. The Morgan fingerprint density at radius 1 is 1.53 bits per heavy atom. The largest absolute Gasteiger partial charge is 0.373 e. The molecule has 1 rings (SSSR count). The van der Waals surface area contributed by atoms with E-state index in [1.54, 1.807) is 7.05 Å². The number of anilines is 1. The second kappa shape index (κ2) is 5.76. The number of primary amides is 1. The molecule has 1 aromatic heterocycles. The summed E-state index contributed by atoms with van der Waals surface area (Å²) in [6.45, 7) is 1.38. The quantitative estimate of drug-likeness (QED) is 0.491. The lowest BCUT2D eigenvalue weighted by Gasteiger charge is -2.10. The van der Waals surface area contributed by atoms with Crippen molar-refractivity contribution in [3.63, 3.8) is 0 Å². The number of carbonyl (C=O) groups excluding carboxylic acids is 2. The first-order valence-electron chi connectivity index (χ1n) is 5.29. The number of nitrogens with zero attached hydrogens (tertiary/aromatic N) is 2. The Kier molecular flexibility index (Phi) is 4.35. The van der Waals surface area contributed by atoms with E-state index in [2.05, 4.69) is 15.6 Å². The van der Waals surface area contributed by atoms with E-state index < -0.39 is 28.5 Å². The lowest BCUT2D eigenvalue weighted by Crippen LogP contribution is -2.42. The van der Waals surface area contributed by atoms with Crippen molar-refractivity contribution in [3.05, 3.63) is 27.9 Å². The van der Waals surface area contributed by atoms with Gasteiger partial charge in [0, 0.05) is 13.1 Å². The van der Waals surface area contributed by atoms with Gasteiger partial charge in [0.25, 0.3) is 11.6 Å². The number of hydrogen-bond acceptors (Lipinski definition) is 6. The van der Waals surface area contributed by atoms with Crippen LogP contribution >= 0.6 is 0 Å². The van der Waals surface area contributed by atoms with E-state index in [1.165, 1.54) is 13.0 Å². The van der Waals surface area contributed by atoms with E-state index in [0.29, 0.717) is 5.82 Å². The molecule has 4 N–H and O–H groups in total. The summed E-state index contributed by atoms with van der Waals surface area (Å²) in [7, 11) is 1.56. The number of pyridine rings is 1. The van der Waals surface area contributed by atoms with Gasteiger partial charge in [0.05, 0.1) is 4.92 Å². The third-order valence-electron chi connectivity index (χ3n) is 2.35. The Morgan fingerprint density at radius 3 is 2.63 bits per heavy atom. The summed E-state index contributed by atoms with van der Waals surface area (Å²) in [6, 6.07) is 0.291. The average molecular weight is 267 g/mol. The fourth-order valence-electron chi connectivity index (χ4n) is 1.26. The van der Waals surface area contributed by atoms with Gasteiger partial charge < -0.3 is 16.4 Å². The molecule has 0 spiro atoms. The molecule has 1 aromatic rings. The highest BCUT2D eigenvalue weighted by Crippen LogP contribution is 2.20. The summed E-state index contributed by atoms with van der Waals surface area (Å²) in [5.41, 5.74) is 4.36. The van der Waals surface area contributed by atoms with Crippen LogP contribution in [-0.4, -0.2) is 34.8 Å². The average Bonchev–Trinajstić information content (AvgIpc) is 2.37. The van der Waals surface area contributed by atoms with E-state index in [4.69, 9.17) is 5.73 Å². The smallest absolute Gasteiger partial charge is 0.300 e. The maximum atomic E-state index is 11.9. The van der Waals surface area contributed by atoms with Gasteiger partial charge in [-0.1, -0.05) is 0 Å². The number of nitrogens with one attached hydrogen (secondary N) is 2. The van der Waals surface area contributed by atoms with Gasteiger partial charge in [-0.25, -0.2) is 4.98 Å². The van der Waals surface area contributed by atoms with Crippen molar-refractivity contribution in [2.75, 3.05) is 12.4 Å². The summed E-state index contributed by atoms with van der Waals surface area (Å²) in [5.74, 6) is -1.21. The Labute approximate surface area is 108 Å². The fraction of sp³-hybridized carbons (Fsp3) is 0.300. The Hall–Kier alpha value is -2.71. The van der Waals surface area contributed by atoms with Crippen LogP contribution in [0.2, 0.25) is 0 Å². The first-order chi connectivity index (χ1) is 8.86. The molecule has 1 heterocycles. The van der Waals surface area contributed by atoms with Crippen LogP contribution < -0.4 is 16.4 Å². The molecule has 0 fully saturated rings. The minimum atomic E-state index is -0.932. The molecule has 0 aliphatic carbocycles. The first-order valence-corrected chi connectivity index (χ1v) is 5.29. The van der Waals surface area contributed by atoms with Crippen LogP contribution in [0.3, 0.4) is 0 Å². The number of aromatic nitrogens is 1. The van der Waals surface area contributed by atoms with Crippen LogP contribution in [0, 0.1) is 10.1 Å². The molecule has 2 amide bonds. The molecule has 0 aliphatic rings. The third kappa shape index (κ3) is 3.37. The number of nitro groups is 1. The predicted molar refractivity (Wildman–Crippen MR) is 66.6 cm³/mol. The fourth-order valence-corrected chi connectivity index (χ4v) is 1.26. The number of amides is 2. The summed E-state index contributed by atoms with van der Waals surface area (Å²) in [5, 5.41) is 15.7. The summed E-state index contributed by atoms with van der Waals surface area (Å²) >= 11 is 0. The standard InChI is InChI=1S/C10H13N5O4/c1-5(9(11)16)14-10(17)6-3-8(12-2)13-4-7(6)15(18)19/h3-5H,1-2H3,(H2,11,16)(H,12,13)(H,14,17). The highest BCUT2D eigenvalue weighted by atomic mass is 16.6. The van der Waals surface area contributed by atoms with E-state index in [-0.39, 0.29) is 5.56 Å². The second-order valence-electron chi connectivity index (χ2n) is 3.69. The van der Waals surface area contributed by atoms with E-state index in [1.807, 2.05) is 0 Å². The molecule has 102 valence electrons. The SMILES string of the molecule is CNc1cc(C(=O)NC(C)C(N)=O)c([N+](=O)[O-])cn1. The van der Waals surface area contributed by atoms with Crippen LogP contribution in [-0.2, 0) is 4.79 Å².